The van der Waals surface area contributed by atoms with Crippen molar-refractivity contribution in [3.8, 4) is 16.9 Å². The lowest BCUT2D eigenvalue weighted by Gasteiger charge is -2.26. The number of nitrogens with one attached hydrogen (secondary N) is 3. The molecule has 0 saturated carbocycles. The number of primary amides is 1. The van der Waals surface area contributed by atoms with E-state index >= 15 is 0 Å². The monoisotopic (exact) mass is 619 g/mol. The number of aliphatic carboxylic acids is 2. The highest BCUT2D eigenvalue weighted by Gasteiger charge is 2.38. The molecule has 7 N–H and O–H groups in total. The number of carboxylic acids is 2. The summed E-state index contributed by atoms with van der Waals surface area (Å²) in [7, 11) is 1.62. The van der Waals surface area contributed by atoms with Gasteiger partial charge in [0.1, 0.15) is 5.75 Å². The standard InChI is InChI=1S/C21H21N5O3.2C2HF3O2/c1-29-16-4-2-13-9-23-19(8-14(13)6-16)21(28)26-18-5-3-12(7-17(18)20(22)27)15-10-24-25-11-15;2*3-2(4,5)1(6)7/h2-7,10-11,19,23H,8-9H2,1H3,(H2,22,27)(H,24,25)(H,26,28);2*(H,6,7)/t19-;;/m0../s1. The lowest BCUT2D eigenvalue weighted by atomic mass is 9.95. The third kappa shape index (κ3) is 10.0. The van der Waals surface area contributed by atoms with Crippen LogP contribution in [0, 0.1) is 0 Å². The Kier molecular flexibility index (Phi) is 11.2. The number of hydrogen-bond acceptors (Lipinski definition) is 7. The number of H-pyrrole nitrogens is 1. The maximum Gasteiger partial charge on any atom is 0.490 e. The smallest absolute Gasteiger partial charge is 0.490 e. The number of ether oxygens (including phenoxy) is 1. The van der Waals surface area contributed by atoms with Gasteiger partial charge in [0.2, 0.25) is 5.91 Å². The maximum absolute atomic E-state index is 12.8. The first-order chi connectivity index (χ1) is 19.9. The number of aromatic amines is 1. The molecule has 1 atom stereocenters. The Morgan fingerprint density at radius 1 is 0.953 bits per heavy atom. The molecule has 4 rings (SSSR count). The van der Waals surface area contributed by atoms with E-state index in [9.17, 15) is 35.9 Å². The number of nitrogens with zero attached hydrogens (tertiary/aromatic N) is 1. The summed E-state index contributed by atoms with van der Waals surface area (Å²) in [5.41, 5.74) is 9.97. The van der Waals surface area contributed by atoms with E-state index in [4.69, 9.17) is 30.3 Å². The van der Waals surface area contributed by atoms with E-state index in [2.05, 4.69) is 20.8 Å². The van der Waals surface area contributed by atoms with Crippen LogP contribution in [0.1, 0.15) is 21.5 Å². The van der Waals surface area contributed by atoms with Crippen LogP contribution in [0.5, 0.6) is 5.75 Å². The van der Waals surface area contributed by atoms with Crippen LogP contribution in [0.25, 0.3) is 11.1 Å². The van der Waals surface area contributed by atoms with Gasteiger partial charge in [-0.2, -0.15) is 31.4 Å². The van der Waals surface area contributed by atoms with Gasteiger partial charge in [-0.15, -0.1) is 0 Å². The Morgan fingerprint density at radius 2 is 1.56 bits per heavy atom. The van der Waals surface area contributed by atoms with Crippen molar-refractivity contribution in [2.45, 2.75) is 31.4 Å². The molecular formula is C25H23F6N5O7. The van der Waals surface area contributed by atoms with Gasteiger partial charge in [0.25, 0.3) is 5.91 Å². The van der Waals surface area contributed by atoms with Crippen LogP contribution in [-0.2, 0) is 27.3 Å². The third-order valence-electron chi connectivity index (χ3n) is 5.55. The van der Waals surface area contributed by atoms with Crippen molar-refractivity contribution < 1.29 is 60.5 Å². The summed E-state index contributed by atoms with van der Waals surface area (Å²) in [6.07, 6.45) is -6.27. The molecule has 12 nitrogen and oxygen atoms in total. The van der Waals surface area contributed by atoms with Crippen molar-refractivity contribution in [3.05, 3.63) is 65.5 Å². The van der Waals surface area contributed by atoms with E-state index in [1.807, 2.05) is 18.2 Å². The zero-order chi connectivity index (χ0) is 32.5. The zero-order valence-corrected chi connectivity index (χ0v) is 21.8. The summed E-state index contributed by atoms with van der Waals surface area (Å²) >= 11 is 0. The quantitative estimate of drug-likeness (QED) is 0.233. The number of rotatable bonds is 5. The molecule has 0 radical (unpaired) electrons. The van der Waals surface area contributed by atoms with E-state index < -0.39 is 36.2 Å². The molecule has 1 aliphatic heterocycles. The van der Waals surface area contributed by atoms with Gasteiger partial charge < -0.3 is 31.3 Å². The molecule has 0 spiro atoms. The number of alkyl halides is 6. The van der Waals surface area contributed by atoms with Crippen LogP contribution < -0.4 is 21.1 Å². The van der Waals surface area contributed by atoms with Gasteiger partial charge in [-0.1, -0.05) is 12.1 Å². The normalized spacial score (nSPS) is 14.1. The molecule has 0 unspecified atom stereocenters. The summed E-state index contributed by atoms with van der Waals surface area (Å²) < 4.78 is 68.7. The predicted molar refractivity (Wildman–Crippen MR) is 136 cm³/mol. The van der Waals surface area contributed by atoms with Gasteiger partial charge in [-0.3, -0.25) is 14.7 Å². The number of methoxy groups -OCH3 is 1. The zero-order valence-electron chi connectivity index (χ0n) is 21.8. The molecule has 0 fully saturated rings. The van der Waals surface area contributed by atoms with E-state index in [1.165, 1.54) is 0 Å². The number of carbonyl (C=O) groups is 4. The minimum atomic E-state index is -5.08. The third-order valence-corrected chi connectivity index (χ3v) is 5.55. The van der Waals surface area contributed by atoms with Crippen LogP contribution in [0.2, 0.25) is 0 Å². The molecular weight excluding hydrogens is 596 g/mol. The number of anilines is 1. The largest absolute Gasteiger partial charge is 0.497 e. The first-order valence-electron chi connectivity index (χ1n) is 11.7. The number of carboxylic acid groups (broad SMARTS) is 2. The Morgan fingerprint density at radius 3 is 2.05 bits per heavy atom. The number of halogens is 6. The highest BCUT2D eigenvalue weighted by Crippen LogP contribution is 2.26. The van der Waals surface area contributed by atoms with Crippen LogP contribution in [0.4, 0.5) is 32.0 Å². The Balaban J connectivity index is 0.000000384. The van der Waals surface area contributed by atoms with Crippen molar-refractivity contribution in [1.82, 2.24) is 15.5 Å². The summed E-state index contributed by atoms with van der Waals surface area (Å²) in [5.74, 6) is -5.59. The summed E-state index contributed by atoms with van der Waals surface area (Å²) in [4.78, 5) is 42.6. The molecule has 2 amide bonds. The molecule has 0 bridgehead atoms. The number of hydrogen-bond donors (Lipinski definition) is 6. The SMILES string of the molecule is COc1ccc2c(c1)C[C@@H](C(=O)Nc1ccc(-c3cn[nH]c3)cc1C(N)=O)NC2.O=C(O)C(F)(F)F.O=C(O)C(F)(F)F. The highest BCUT2D eigenvalue weighted by atomic mass is 19.4. The average Bonchev–Trinajstić information content (AvgIpc) is 3.47. The lowest BCUT2D eigenvalue weighted by Crippen LogP contribution is -2.44. The first-order valence-corrected chi connectivity index (χ1v) is 11.7. The maximum atomic E-state index is 12.8. The van der Waals surface area contributed by atoms with E-state index in [0.717, 1.165) is 28.0 Å². The fourth-order valence-corrected chi connectivity index (χ4v) is 3.47. The van der Waals surface area contributed by atoms with Crippen LogP contribution in [-0.4, -0.2) is 69.7 Å². The lowest BCUT2D eigenvalue weighted by molar-refractivity contribution is -0.193. The number of fused-ring (bicyclic) bond motifs is 1. The van der Waals surface area contributed by atoms with Gasteiger partial charge in [-0.25, -0.2) is 9.59 Å². The van der Waals surface area contributed by atoms with Crippen molar-refractivity contribution in [2.75, 3.05) is 12.4 Å². The predicted octanol–water partition coefficient (Wildman–Crippen LogP) is 3.10. The summed E-state index contributed by atoms with van der Waals surface area (Å²) in [5, 5.41) is 27.0. The average molecular weight is 619 g/mol. The van der Waals surface area contributed by atoms with Crippen molar-refractivity contribution in [2.24, 2.45) is 5.73 Å². The molecule has 2 heterocycles. The number of benzene rings is 2. The second-order valence-electron chi connectivity index (χ2n) is 8.48. The van der Waals surface area contributed by atoms with E-state index in [0.29, 0.717) is 18.7 Å². The second kappa shape index (κ2) is 14.2. The Hall–Kier alpha value is -5.13. The molecule has 0 aliphatic carbocycles. The summed E-state index contributed by atoms with van der Waals surface area (Å²) in [6, 6.07) is 10.6. The van der Waals surface area contributed by atoms with Crippen LogP contribution in [0.15, 0.2) is 48.8 Å². The molecule has 1 aliphatic rings. The van der Waals surface area contributed by atoms with Crippen molar-refractivity contribution in [1.29, 1.82) is 0 Å². The number of nitrogens with two attached hydrogens (primary N) is 1. The van der Waals surface area contributed by atoms with Gasteiger partial charge in [-0.05, 0) is 47.4 Å². The Labute approximate surface area is 237 Å². The fourth-order valence-electron chi connectivity index (χ4n) is 3.47. The van der Waals surface area contributed by atoms with Gasteiger partial charge in [0.15, 0.2) is 0 Å². The molecule has 43 heavy (non-hydrogen) atoms. The molecule has 1 aromatic heterocycles. The Bertz CT molecular complexity index is 1440. The topological polar surface area (TPSA) is 197 Å². The van der Waals surface area contributed by atoms with Crippen LogP contribution in [0.3, 0.4) is 0 Å². The molecule has 18 heteroatoms. The van der Waals surface area contributed by atoms with Gasteiger partial charge >= 0.3 is 24.3 Å². The number of carbonyl (C=O) groups excluding carboxylic acids is 2. The fraction of sp³-hybridized carbons (Fsp3) is 0.240. The van der Waals surface area contributed by atoms with Gasteiger partial charge in [0.05, 0.1) is 30.6 Å². The second-order valence-corrected chi connectivity index (χ2v) is 8.48. The van der Waals surface area contributed by atoms with Crippen molar-refractivity contribution in [3.63, 3.8) is 0 Å². The van der Waals surface area contributed by atoms with Gasteiger partial charge in [0, 0.05) is 18.3 Å². The molecule has 2 aromatic carbocycles. The van der Waals surface area contributed by atoms with E-state index in [-0.39, 0.29) is 11.5 Å². The van der Waals surface area contributed by atoms with E-state index in [1.54, 1.807) is 37.7 Å². The highest BCUT2D eigenvalue weighted by molar-refractivity contribution is 6.05. The number of aromatic nitrogens is 2. The molecule has 3 aromatic rings. The minimum Gasteiger partial charge on any atom is -0.497 e. The number of amides is 2. The van der Waals surface area contributed by atoms with Crippen LogP contribution >= 0.6 is 0 Å². The van der Waals surface area contributed by atoms with Crippen molar-refractivity contribution >= 4 is 29.4 Å². The summed E-state index contributed by atoms with van der Waals surface area (Å²) in [6.45, 7) is 0.583. The molecule has 0 saturated heterocycles. The first kappa shape index (κ1) is 34.1. The minimum absolute atomic E-state index is 0.225. The molecule has 232 valence electrons.